The summed E-state index contributed by atoms with van der Waals surface area (Å²) in [4.78, 5) is 1.58. The highest BCUT2D eigenvalue weighted by Crippen LogP contribution is 2.18. The molecule has 90 valence electrons. The van der Waals surface area contributed by atoms with Crippen LogP contribution in [-0.4, -0.2) is 22.4 Å². The smallest absolute Gasteiger partial charge is 0.0790 e. The van der Waals surface area contributed by atoms with Crippen LogP contribution in [0.2, 0.25) is 39.3 Å². The molecule has 1 aromatic rings. The van der Waals surface area contributed by atoms with Crippen LogP contribution in [0.3, 0.4) is 0 Å². The summed E-state index contributed by atoms with van der Waals surface area (Å²) in [6.45, 7) is 14.6. The minimum atomic E-state index is -1.21. The molecule has 3 heteroatoms. The average molecular weight is 269 g/mol. The molecule has 0 aliphatic heterocycles. The van der Waals surface area contributed by atoms with E-state index in [9.17, 15) is 0 Å². The van der Waals surface area contributed by atoms with Gasteiger partial charge in [0.05, 0.1) is 16.1 Å². The highest BCUT2D eigenvalue weighted by atomic mass is 32.2. The van der Waals surface area contributed by atoms with Crippen LogP contribution >= 0.6 is 11.8 Å². The molecule has 0 amide bonds. The normalized spacial score (nSPS) is 12.9. The van der Waals surface area contributed by atoms with Gasteiger partial charge in [0, 0.05) is 4.90 Å². The van der Waals surface area contributed by atoms with Crippen LogP contribution in [-0.2, 0) is 0 Å². The Morgan fingerprint density at radius 3 is 1.44 bits per heavy atom. The van der Waals surface area contributed by atoms with Gasteiger partial charge >= 0.3 is 0 Å². The van der Waals surface area contributed by atoms with Crippen LogP contribution in [0.4, 0.5) is 0 Å². The van der Waals surface area contributed by atoms with Gasteiger partial charge < -0.3 is 0 Å². The van der Waals surface area contributed by atoms with E-state index in [1.807, 2.05) is 11.8 Å². The van der Waals surface area contributed by atoms with Gasteiger partial charge in [-0.2, -0.15) is 0 Å². The quantitative estimate of drug-likeness (QED) is 0.597. The minimum absolute atomic E-state index is 1.21. The van der Waals surface area contributed by atoms with E-state index in [0.717, 1.165) is 0 Å². The zero-order valence-electron chi connectivity index (χ0n) is 11.6. The minimum Gasteiger partial charge on any atom is -0.130 e. The number of thioether (sulfide) groups is 1. The third-order valence-electron chi connectivity index (χ3n) is 2.84. The Morgan fingerprint density at radius 1 is 0.812 bits per heavy atom. The molecule has 0 saturated carbocycles. The molecule has 16 heavy (non-hydrogen) atoms. The fourth-order valence-corrected chi connectivity index (χ4v) is 7.91. The molecular formula is C13H24SSi2. The van der Waals surface area contributed by atoms with Crippen LogP contribution < -0.4 is 10.4 Å². The fourth-order valence-electron chi connectivity index (χ4n) is 1.94. The lowest BCUT2D eigenvalue weighted by Gasteiger charge is -2.27. The van der Waals surface area contributed by atoms with Crippen LogP contribution in [0.15, 0.2) is 23.1 Å². The third-order valence-corrected chi connectivity index (χ3v) is 8.11. The largest absolute Gasteiger partial charge is 0.130 e. The Morgan fingerprint density at radius 2 is 1.19 bits per heavy atom. The SMILES string of the molecule is CSc1c([Si](C)(C)C)cccc1[Si](C)(C)C. The standard InChI is InChI=1S/C13H24SSi2/c1-14-13-11(15(2,3)4)9-8-10-12(13)16(5,6)7/h8-10H,1-7H3. The van der Waals surface area contributed by atoms with Gasteiger partial charge in [-0.3, -0.25) is 0 Å². The highest BCUT2D eigenvalue weighted by molar-refractivity contribution is 7.99. The molecule has 0 unspecified atom stereocenters. The van der Waals surface area contributed by atoms with Gasteiger partial charge in [0.15, 0.2) is 0 Å². The Bertz CT molecular complexity index is 340. The second kappa shape index (κ2) is 4.71. The summed E-state index contributed by atoms with van der Waals surface area (Å²) in [7, 11) is -2.42. The average Bonchev–Trinajstić information content (AvgIpc) is 2.13. The lowest BCUT2D eigenvalue weighted by Crippen LogP contribution is -2.47. The van der Waals surface area contributed by atoms with Crippen molar-refractivity contribution in [2.45, 2.75) is 44.2 Å². The molecule has 0 aliphatic rings. The van der Waals surface area contributed by atoms with Crippen LogP contribution in [0.5, 0.6) is 0 Å². The number of hydrogen-bond acceptors (Lipinski definition) is 1. The van der Waals surface area contributed by atoms with E-state index in [-0.39, 0.29) is 0 Å². The molecule has 1 aromatic carbocycles. The van der Waals surface area contributed by atoms with Gasteiger partial charge in [-0.1, -0.05) is 57.5 Å². The molecule has 0 N–H and O–H groups in total. The van der Waals surface area contributed by atoms with Crippen LogP contribution in [0.25, 0.3) is 0 Å². The van der Waals surface area contributed by atoms with Crippen molar-refractivity contribution in [3.63, 3.8) is 0 Å². The van der Waals surface area contributed by atoms with E-state index in [4.69, 9.17) is 0 Å². The van der Waals surface area contributed by atoms with Crippen LogP contribution in [0, 0.1) is 0 Å². The van der Waals surface area contributed by atoms with Crippen molar-refractivity contribution in [2.75, 3.05) is 6.26 Å². The Labute approximate surface area is 107 Å². The zero-order chi connectivity index (χ0) is 12.6. The molecule has 0 aliphatic carbocycles. The summed E-state index contributed by atoms with van der Waals surface area (Å²) in [6, 6.07) is 6.96. The van der Waals surface area contributed by atoms with Gasteiger partial charge in [-0.05, 0) is 16.6 Å². The topological polar surface area (TPSA) is 0 Å². The third kappa shape index (κ3) is 3.02. The van der Waals surface area contributed by atoms with Crippen molar-refractivity contribution in [3.8, 4) is 0 Å². The molecule has 0 spiro atoms. The molecule has 0 heterocycles. The molecule has 1 rings (SSSR count). The van der Waals surface area contributed by atoms with Crippen molar-refractivity contribution in [1.29, 1.82) is 0 Å². The van der Waals surface area contributed by atoms with Gasteiger partial charge in [-0.15, -0.1) is 11.8 Å². The molecule has 0 saturated heterocycles. The van der Waals surface area contributed by atoms with Gasteiger partial charge in [0.1, 0.15) is 0 Å². The van der Waals surface area contributed by atoms with E-state index in [1.54, 1.807) is 15.3 Å². The monoisotopic (exact) mass is 268 g/mol. The van der Waals surface area contributed by atoms with E-state index in [0.29, 0.717) is 0 Å². The maximum atomic E-state index is 2.44. The predicted octanol–water partition coefficient (Wildman–Crippen LogP) is 3.50. The molecule has 0 bridgehead atoms. The van der Waals surface area contributed by atoms with Crippen molar-refractivity contribution in [1.82, 2.24) is 0 Å². The summed E-state index contributed by atoms with van der Waals surface area (Å²) in [5.74, 6) is 0. The molecular weight excluding hydrogens is 244 g/mol. The zero-order valence-corrected chi connectivity index (χ0v) is 14.5. The van der Waals surface area contributed by atoms with Crippen molar-refractivity contribution >= 4 is 38.3 Å². The van der Waals surface area contributed by atoms with Gasteiger partial charge in [0.2, 0.25) is 0 Å². The van der Waals surface area contributed by atoms with E-state index < -0.39 is 16.1 Å². The summed E-state index contributed by atoms with van der Waals surface area (Å²) in [5, 5.41) is 3.28. The first-order chi connectivity index (χ1) is 7.18. The van der Waals surface area contributed by atoms with Crippen molar-refractivity contribution < 1.29 is 0 Å². The number of hydrogen-bond donors (Lipinski definition) is 0. The Kier molecular flexibility index (Phi) is 4.14. The second-order valence-corrected chi connectivity index (χ2v) is 17.3. The second-order valence-electron chi connectivity index (χ2n) is 6.39. The van der Waals surface area contributed by atoms with Gasteiger partial charge in [0.25, 0.3) is 0 Å². The lowest BCUT2D eigenvalue weighted by atomic mass is 10.3. The number of rotatable bonds is 3. The van der Waals surface area contributed by atoms with Crippen LogP contribution in [0.1, 0.15) is 0 Å². The first kappa shape index (κ1) is 14.1. The summed E-state index contributed by atoms with van der Waals surface area (Å²) in [6.07, 6.45) is 2.22. The molecule has 0 aromatic heterocycles. The van der Waals surface area contributed by atoms with Crippen molar-refractivity contribution in [3.05, 3.63) is 18.2 Å². The maximum absolute atomic E-state index is 2.44. The van der Waals surface area contributed by atoms with Gasteiger partial charge in [-0.25, -0.2) is 0 Å². The lowest BCUT2D eigenvalue weighted by molar-refractivity contribution is 1.51. The Hall–Kier alpha value is 0.00377. The first-order valence-electron chi connectivity index (χ1n) is 5.86. The fraction of sp³-hybridized carbons (Fsp3) is 0.538. The van der Waals surface area contributed by atoms with E-state index in [2.05, 4.69) is 63.7 Å². The molecule has 0 fully saturated rings. The van der Waals surface area contributed by atoms with E-state index >= 15 is 0 Å². The number of benzene rings is 1. The molecule has 0 radical (unpaired) electrons. The molecule has 0 atom stereocenters. The summed E-state index contributed by atoms with van der Waals surface area (Å²) < 4.78 is 0. The highest BCUT2D eigenvalue weighted by Gasteiger charge is 2.26. The van der Waals surface area contributed by atoms with Crippen molar-refractivity contribution in [2.24, 2.45) is 0 Å². The first-order valence-corrected chi connectivity index (χ1v) is 14.1. The molecule has 0 nitrogen and oxygen atoms in total. The summed E-state index contributed by atoms with van der Waals surface area (Å²) >= 11 is 1.95. The predicted molar refractivity (Wildman–Crippen MR) is 84.2 cm³/mol. The summed E-state index contributed by atoms with van der Waals surface area (Å²) in [5.41, 5.74) is 0. The Balaban J connectivity index is 3.45. The van der Waals surface area contributed by atoms with E-state index in [1.165, 1.54) is 0 Å². The maximum Gasteiger partial charge on any atom is 0.0790 e.